The molecule has 0 bridgehead atoms. The van der Waals surface area contributed by atoms with Gasteiger partial charge in [0.1, 0.15) is 5.75 Å². The maximum absolute atomic E-state index is 11.9. The monoisotopic (exact) mass is 292 g/mol. The van der Waals surface area contributed by atoms with Crippen LogP contribution in [0, 0.1) is 0 Å². The summed E-state index contributed by atoms with van der Waals surface area (Å²) in [5.41, 5.74) is 2.50. The number of benzene rings is 2. The molecule has 0 radical (unpaired) electrons. The minimum absolute atomic E-state index is 0.125. The lowest BCUT2D eigenvalue weighted by atomic mass is 10.1. The molecule has 4 heteroatoms. The van der Waals surface area contributed by atoms with Crippen LogP contribution in [-0.2, 0) is 13.0 Å². The molecule has 0 saturated heterocycles. The summed E-state index contributed by atoms with van der Waals surface area (Å²) in [6, 6.07) is 20.0. The number of aromatic hydroxyl groups is 1. The normalized spacial score (nSPS) is 10.5. The molecule has 0 aliphatic rings. The fourth-order valence-electron chi connectivity index (χ4n) is 2.31. The summed E-state index contributed by atoms with van der Waals surface area (Å²) in [4.78, 5) is 11.9. The van der Waals surface area contributed by atoms with Gasteiger partial charge in [0.2, 0.25) is 0 Å². The van der Waals surface area contributed by atoms with Crippen molar-refractivity contribution in [3.05, 3.63) is 82.6 Å². The Kier molecular flexibility index (Phi) is 4.01. The van der Waals surface area contributed by atoms with Crippen molar-refractivity contribution in [1.82, 2.24) is 9.78 Å². The fraction of sp³-hybridized carbons (Fsp3) is 0.111. The zero-order chi connectivity index (χ0) is 15.4. The van der Waals surface area contributed by atoms with Gasteiger partial charge in [-0.15, -0.1) is 0 Å². The maximum atomic E-state index is 11.9. The summed E-state index contributed by atoms with van der Waals surface area (Å²) < 4.78 is 1.46. The molecule has 2 aromatic carbocycles. The highest BCUT2D eigenvalue weighted by atomic mass is 16.3. The molecule has 4 nitrogen and oxygen atoms in total. The Hall–Kier alpha value is -2.88. The minimum Gasteiger partial charge on any atom is -0.508 e. The van der Waals surface area contributed by atoms with Gasteiger partial charge in [0, 0.05) is 18.2 Å². The zero-order valence-corrected chi connectivity index (χ0v) is 12.0. The molecule has 110 valence electrons. The Balaban J connectivity index is 1.85. The first-order chi connectivity index (χ1) is 10.7. The highest BCUT2D eigenvalue weighted by Gasteiger charge is 2.04. The molecule has 0 fully saturated rings. The molecule has 0 amide bonds. The number of hydrogen-bond acceptors (Lipinski definition) is 3. The number of nitrogens with zero attached hydrogens (tertiary/aromatic N) is 2. The minimum atomic E-state index is -0.125. The molecule has 0 saturated carbocycles. The van der Waals surface area contributed by atoms with Crippen LogP contribution in [0.3, 0.4) is 0 Å². The number of aryl methyl sites for hydroxylation is 2. The fourth-order valence-corrected chi connectivity index (χ4v) is 2.31. The van der Waals surface area contributed by atoms with Crippen molar-refractivity contribution >= 4 is 0 Å². The number of phenols is 1. The van der Waals surface area contributed by atoms with E-state index in [4.69, 9.17) is 0 Å². The van der Waals surface area contributed by atoms with Crippen LogP contribution in [0.5, 0.6) is 5.75 Å². The third-order valence-electron chi connectivity index (χ3n) is 3.46. The number of rotatable bonds is 4. The average Bonchev–Trinajstić information content (AvgIpc) is 2.55. The van der Waals surface area contributed by atoms with E-state index in [9.17, 15) is 9.90 Å². The van der Waals surface area contributed by atoms with Gasteiger partial charge in [-0.3, -0.25) is 4.79 Å². The highest BCUT2D eigenvalue weighted by Crippen LogP contribution is 2.20. The van der Waals surface area contributed by atoms with Gasteiger partial charge in [-0.2, -0.15) is 5.10 Å². The Labute approximate surface area is 128 Å². The number of phenolic OH excluding ortho intramolecular Hbond substituents is 1. The first kappa shape index (κ1) is 14.1. The zero-order valence-electron chi connectivity index (χ0n) is 12.0. The van der Waals surface area contributed by atoms with Crippen LogP contribution in [0.15, 0.2) is 71.5 Å². The molecule has 3 rings (SSSR count). The van der Waals surface area contributed by atoms with E-state index in [-0.39, 0.29) is 11.3 Å². The Morgan fingerprint density at radius 1 is 0.955 bits per heavy atom. The molecule has 0 aliphatic carbocycles. The van der Waals surface area contributed by atoms with Crippen molar-refractivity contribution in [3.8, 4) is 17.0 Å². The van der Waals surface area contributed by atoms with E-state index < -0.39 is 0 Å². The summed E-state index contributed by atoms with van der Waals surface area (Å²) >= 11 is 0. The van der Waals surface area contributed by atoms with Gasteiger partial charge in [-0.1, -0.05) is 42.5 Å². The predicted octanol–water partition coefficient (Wildman–Crippen LogP) is 2.86. The summed E-state index contributed by atoms with van der Waals surface area (Å²) in [5, 5.41) is 13.9. The van der Waals surface area contributed by atoms with Gasteiger partial charge in [-0.05, 0) is 30.2 Å². The molecule has 0 atom stereocenters. The Bertz CT molecular complexity index is 826. The molecule has 0 aliphatic heterocycles. The molecule has 3 aromatic rings. The topological polar surface area (TPSA) is 55.1 Å². The highest BCUT2D eigenvalue weighted by molar-refractivity contribution is 5.60. The summed E-state index contributed by atoms with van der Waals surface area (Å²) in [5.74, 6) is 0.182. The third-order valence-corrected chi connectivity index (χ3v) is 3.46. The van der Waals surface area contributed by atoms with Gasteiger partial charge in [0.25, 0.3) is 5.56 Å². The molecule has 1 N–H and O–H groups in total. The second-order valence-corrected chi connectivity index (χ2v) is 5.07. The SMILES string of the molecule is O=c1ccc(-c2cccc(O)c2)nn1CCc1ccccc1. The lowest BCUT2D eigenvalue weighted by molar-refractivity contribution is 0.475. The van der Waals surface area contributed by atoms with Crippen LogP contribution in [0.2, 0.25) is 0 Å². The molecular weight excluding hydrogens is 276 g/mol. The van der Waals surface area contributed by atoms with Crippen LogP contribution in [-0.4, -0.2) is 14.9 Å². The second kappa shape index (κ2) is 6.26. The standard InChI is InChI=1S/C18H16N2O2/c21-16-8-4-7-15(13-16)17-9-10-18(22)20(19-17)12-11-14-5-2-1-3-6-14/h1-10,13,21H,11-12H2. The van der Waals surface area contributed by atoms with Crippen LogP contribution in [0.1, 0.15) is 5.56 Å². The van der Waals surface area contributed by atoms with Crippen molar-refractivity contribution in [2.24, 2.45) is 0 Å². The number of hydrogen-bond donors (Lipinski definition) is 1. The van der Waals surface area contributed by atoms with Crippen LogP contribution >= 0.6 is 0 Å². The largest absolute Gasteiger partial charge is 0.508 e. The van der Waals surface area contributed by atoms with E-state index in [2.05, 4.69) is 5.10 Å². The van der Waals surface area contributed by atoms with Crippen LogP contribution < -0.4 is 5.56 Å². The smallest absolute Gasteiger partial charge is 0.266 e. The molecule has 1 aromatic heterocycles. The molecule has 0 spiro atoms. The Morgan fingerprint density at radius 3 is 2.55 bits per heavy atom. The van der Waals surface area contributed by atoms with E-state index in [0.29, 0.717) is 12.2 Å². The third kappa shape index (κ3) is 3.23. The predicted molar refractivity (Wildman–Crippen MR) is 85.7 cm³/mol. The van der Waals surface area contributed by atoms with E-state index in [1.807, 2.05) is 36.4 Å². The van der Waals surface area contributed by atoms with Crippen molar-refractivity contribution in [2.75, 3.05) is 0 Å². The molecule has 1 heterocycles. The quantitative estimate of drug-likeness (QED) is 0.804. The maximum Gasteiger partial charge on any atom is 0.266 e. The first-order valence-electron chi connectivity index (χ1n) is 7.14. The molecule has 0 unspecified atom stereocenters. The van der Waals surface area contributed by atoms with Gasteiger partial charge >= 0.3 is 0 Å². The Morgan fingerprint density at radius 2 is 1.77 bits per heavy atom. The lowest BCUT2D eigenvalue weighted by Gasteiger charge is -2.07. The molecule has 22 heavy (non-hydrogen) atoms. The number of aromatic nitrogens is 2. The van der Waals surface area contributed by atoms with Crippen LogP contribution in [0.25, 0.3) is 11.3 Å². The van der Waals surface area contributed by atoms with Crippen molar-refractivity contribution in [2.45, 2.75) is 13.0 Å². The molecular formula is C18H16N2O2. The summed E-state index contributed by atoms with van der Waals surface area (Å²) in [6.07, 6.45) is 0.747. The van der Waals surface area contributed by atoms with Crippen LogP contribution in [0.4, 0.5) is 0 Å². The first-order valence-corrected chi connectivity index (χ1v) is 7.14. The van der Waals surface area contributed by atoms with Crippen molar-refractivity contribution < 1.29 is 5.11 Å². The van der Waals surface area contributed by atoms with E-state index in [1.54, 1.807) is 24.3 Å². The van der Waals surface area contributed by atoms with Crippen molar-refractivity contribution in [3.63, 3.8) is 0 Å². The van der Waals surface area contributed by atoms with Gasteiger partial charge in [0.15, 0.2) is 0 Å². The van der Waals surface area contributed by atoms with Gasteiger partial charge < -0.3 is 5.11 Å². The van der Waals surface area contributed by atoms with Gasteiger partial charge in [-0.25, -0.2) is 4.68 Å². The van der Waals surface area contributed by atoms with E-state index in [1.165, 1.54) is 16.3 Å². The summed E-state index contributed by atoms with van der Waals surface area (Å²) in [7, 11) is 0. The van der Waals surface area contributed by atoms with E-state index >= 15 is 0 Å². The lowest BCUT2D eigenvalue weighted by Crippen LogP contribution is -2.23. The summed E-state index contributed by atoms with van der Waals surface area (Å²) in [6.45, 7) is 0.523. The van der Waals surface area contributed by atoms with Gasteiger partial charge in [0.05, 0.1) is 5.69 Å². The van der Waals surface area contributed by atoms with Crippen molar-refractivity contribution in [1.29, 1.82) is 0 Å². The average molecular weight is 292 g/mol. The second-order valence-electron chi connectivity index (χ2n) is 5.07. The van der Waals surface area contributed by atoms with E-state index in [0.717, 1.165) is 12.0 Å².